The van der Waals surface area contributed by atoms with Gasteiger partial charge in [0.1, 0.15) is 16.6 Å². The van der Waals surface area contributed by atoms with Crippen LogP contribution in [0.2, 0.25) is 0 Å². The third-order valence-electron chi connectivity index (χ3n) is 6.08. The molecule has 0 aliphatic carbocycles. The summed E-state index contributed by atoms with van der Waals surface area (Å²) in [5, 5.41) is 13.7. The van der Waals surface area contributed by atoms with E-state index in [1.807, 2.05) is 0 Å². The molecule has 0 atom stereocenters. The fraction of sp³-hybridized carbons (Fsp3) is 0.318. The number of rotatable bonds is 3. The molecule has 1 N–H and O–H groups in total. The zero-order valence-electron chi connectivity index (χ0n) is 17.6. The van der Waals surface area contributed by atoms with E-state index in [9.17, 15) is 14.4 Å². The molecule has 162 valence electrons. The molecule has 0 amide bonds. The lowest BCUT2D eigenvalue weighted by atomic mass is 9.91. The summed E-state index contributed by atoms with van der Waals surface area (Å²) in [5.41, 5.74) is 0.632. The van der Waals surface area contributed by atoms with E-state index in [1.165, 1.54) is 15.3 Å². The Morgan fingerprint density at radius 1 is 1.31 bits per heavy atom. The average molecular weight is 433 g/mol. The van der Waals surface area contributed by atoms with E-state index in [4.69, 9.17) is 4.74 Å². The molecule has 0 spiro atoms. The number of fused-ring (bicyclic) bond motifs is 2. The molecule has 1 aromatic carbocycles. The number of hydrogen-bond donors (Lipinski definition) is 1. The monoisotopic (exact) mass is 433 g/mol. The molecule has 1 aliphatic rings. The number of benzene rings is 1. The summed E-state index contributed by atoms with van der Waals surface area (Å²) in [7, 11) is 1.62. The van der Waals surface area contributed by atoms with Crippen molar-refractivity contribution in [3.8, 4) is 6.07 Å². The predicted octanol–water partition coefficient (Wildman–Crippen LogP) is 2.90. The summed E-state index contributed by atoms with van der Waals surface area (Å²) in [4.78, 5) is 26.0. The lowest BCUT2D eigenvalue weighted by molar-refractivity contribution is 0.0448. The SMILES string of the molecule is Cc1c(Nc2ncc3c(n2)n(C2(C#N)CCOCC2)c(=O)n3C)cc2cccnc2c1F. The normalized spacial score (nSPS) is 15.7. The largest absolute Gasteiger partial charge is 0.381 e. The molecule has 10 heteroatoms. The van der Waals surface area contributed by atoms with Crippen molar-refractivity contribution in [1.82, 2.24) is 24.1 Å². The maximum Gasteiger partial charge on any atom is 0.331 e. The second-order valence-corrected chi connectivity index (χ2v) is 7.90. The highest BCUT2D eigenvalue weighted by Gasteiger charge is 2.38. The maximum atomic E-state index is 14.8. The molecule has 4 heterocycles. The van der Waals surface area contributed by atoms with Crippen LogP contribution in [0, 0.1) is 24.1 Å². The molecule has 9 nitrogen and oxygen atoms in total. The van der Waals surface area contributed by atoms with Crippen molar-refractivity contribution >= 4 is 33.7 Å². The summed E-state index contributed by atoms with van der Waals surface area (Å²) in [6, 6.07) is 7.61. The van der Waals surface area contributed by atoms with Crippen molar-refractivity contribution in [2.24, 2.45) is 7.05 Å². The molecular weight excluding hydrogens is 413 g/mol. The fourth-order valence-electron chi connectivity index (χ4n) is 4.18. The van der Waals surface area contributed by atoms with Gasteiger partial charge in [-0.25, -0.2) is 14.2 Å². The quantitative estimate of drug-likeness (QED) is 0.529. The van der Waals surface area contributed by atoms with Crippen LogP contribution >= 0.6 is 0 Å². The first-order valence-electron chi connectivity index (χ1n) is 10.2. The van der Waals surface area contributed by atoms with Gasteiger partial charge in [-0.3, -0.25) is 14.1 Å². The van der Waals surface area contributed by atoms with Crippen molar-refractivity contribution in [3.05, 3.63) is 52.5 Å². The Bertz CT molecular complexity index is 1460. The number of anilines is 2. The minimum atomic E-state index is -1.04. The second kappa shape index (κ2) is 7.39. The maximum absolute atomic E-state index is 14.8. The number of aromatic nitrogens is 5. The molecule has 32 heavy (non-hydrogen) atoms. The van der Waals surface area contributed by atoms with E-state index < -0.39 is 11.4 Å². The Balaban J connectivity index is 1.65. The molecule has 5 rings (SSSR count). The first-order chi connectivity index (χ1) is 15.4. The lowest BCUT2D eigenvalue weighted by Gasteiger charge is -2.31. The number of nitrogens with zero attached hydrogens (tertiary/aromatic N) is 6. The Hall–Kier alpha value is -3.84. The van der Waals surface area contributed by atoms with E-state index in [-0.39, 0.29) is 11.6 Å². The first-order valence-corrected chi connectivity index (χ1v) is 10.2. The Morgan fingerprint density at radius 2 is 2.09 bits per heavy atom. The molecule has 1 fully saturated rings. The van der Waals surface area contributed by atoms with E-state index in [1.54, 1.807) is 38.4 Å². The predicted molar refractivity (Wildman–Crippen MR) is 116 cm³/mol. The van der Waals surface area contributed by atoms with Gasteiger partial charge in [-0.05, 0) is 19.1 Å². The summed E-state index contributed by atoms with van der Waals surface area (Å²) >= 11 is 0. The van der Waals surface area contributed by atoms with Crippen molar-refractivity contribution < 1.29 is 9.13 Å². The summed E-state index contributed by atoms with van der Waals surface area (Å²) < 4.78 is 23.1. The first kappa shape index (κ1) is 20.1. The van der Waals surface area contributed by atoms with Gasteiger partial charge in [-0.1, -0.05) is 6.07 Å². The minimum absolute atomic E-state index is 0.197. The van der Waals surface area contributed by atoms with Gasteiger partial charge in [0.05, 0.1) is 12.3 Å². The topological polar surface area (TPSA) is 111 Å². The summed E-state index contributed by atoms with van der Waals surface area (Å²) in [6.07, 6.45) is 3.85. The third-order valence-corrected chi connectivity index (χ3v) is 6.08. The van der Waals surface area contributed by atoms with Crippen molar-refractivity contribution in [3.63, 3.8) is 0 Å². The number of imidazole rings is 1. The van der Waals surface area contributed by atoms with E-state index in [0.29, 0.717) is 59.4 Å². The third kappa shape index (κ3) is 2.93. The van der Waals surface area contributed by atoms with E-state index in [0.717, 1.165) is 0 Å². The lowest BCUT2D eigenvalue weighted by Crippen LogP contribution is -2.44. The highest BCUT2D eigenvalue weighted by atomic mass is 19.1. The molecule has 1 saturated heterocycles. The molecule has 0 unspecified atom stereocenters. The number of pyridine rings is 1. The van der Waals surface area contributed by atoms with Crippen LogP contribution in [0.4, 0.5) is 16.0 Å². The van der Waals surface area contributed by atoms with E-state index >= 15 is 0 Å². The second-order valence-electron chi connectivity index (χ2n) is 7.90. The van der Waals surface area contributed by atoms with Crippen molar-refractivity contribution in [2.75, 3.05) is 18.5 Å². The Kier molecular flexibility index (Phi) is 4.64. The van der Waals surface area contributed by atoms with Gasteiger partial charge >= 0.3 is 5.69 Å². The highest BCUT2D eigenvalue weighted by Crippen LogP contribution is 2.31. The van der Waals surface area contributed by atoms with E-state index in [2.05, 4.69) is 26.3 Å². The van der Waals surface area contributed by atoms with Crippen LogP contribution in [0.25, 0.3) is 22.1 Å². The standard InChI is InChI=1S/C22H20FN7O2/c1-13-15(10-14-4-3-7-25-18(14)17(13)23)27-20-26-11-16-19(28-20)30(21(31)29(16)2)22(12-24)5-8-32-9-6-22/h3-4,7,10-11H,5-6,8-9H2,1-2H3,(H,26,27,28). The number of ether oxygens (including phenoxy) is 1. The van der Waals surface area contributed by atoms with Crippen LogP contribution in [0.5, 0.6) is 0 Å². The minimum Gasteiger partial charge on any atom is -0.381 e. The molecule has 0 radical (unpaired) electrons. The summed E-state index contributed by atoms with van der Waals surface area (Å²) in [6.45, 7) is 2.42. The summed E-state index contributed by atoms with van der Waals surface area (Å²) in [5.74, 6) is -0.225. The van der Waals surface area contributed by atoms with Gasteiger partial charge in [0.15, 0.2) is 11.5 Å². The van der Waals surface area contributed by atoms with Gasteiger partial charge < -0.3 is 10.1 Å². The molecule has 0 saturated carbocycles. The molecule has 3 aromatic heterocycles. The van der Waals surface area contributed by atoms with Crippen LogP contribution in [-0.4, -0.2) is 37.3 Å². The fourth-order valence-corrected chi connectivity index (χ4v) is 4.18. The number of halogens is 1. The van der Waals surface area contributed by atoms with Crippen LogP contribution in [0.15, 0.2) is 35.4 Å². The molecule has 0 bridgehead atoms. The van der Waals surface area contributed by atoms with Crippen LogP contribution in [0.1, 0.15) is 18.4 Å². The zero-order valence-corrected chi connectivity index (χ0v) is 17.6. The smallest absolute Gasteiger partial charge is 0.331 e. The number of nitriles is 1. The van der Waals surface area contributed by atoms with Crippen molar-refractivity contribution in [1.29, 1.82) is 5.26 Å². The van der Waals surface area contributed by atoms with Crippen LogP contribution in [-0.2, 0) is 17.3 Å². The number of hydrogen-bond acceptors (Lipinski definition) is 7. The number of nitrogens with one attached hydrogen (secondary N) is 1. The molecule has 4 aromatic rings. The molecular formula is C22H20FN7O2. The zero-order chi connectivity index (χ0) is 22.5. The highest BCUT2D eigenvalue weighted by molar-refractivity contribution is 5.85. The Morgan fingerprint density at radius 3 is 2.84 bits per heavy atom. The number of aryl methyl sites for hydroxylation is 1. The van der Waals surface area contributed by atoms with Gasteiger partial charge in [-0.15, -0.1) is 0 Å². The van der Waals surface area contributed by atoms with Crippen LogP contribution in [0.3, 0.4) is 0 Å². The average Bonchev–Trinajstić information content (AvgIpc) is 3.07. The van der Waals surface area contributed by atoms with Gasteiger partial charge in [0, 0.05) is 55.9 Å². The van der Waals surface area contributed by atoms with Crippen LogP contribution < -0.4 is 11.0 Å². The van der Waals surface area contributed by atoms with Gasteiger partial charge in [0.25, 0.3) is 0 Å². The van der Waals surface area contributed by atoms with Gasteiger partial charge in [-0.2, -0.15) is 10.2 Å². The van der Waals surface area contributed by atoms with Crippen molar-refractivity contribution in [2.45, 2.75) is 25.3 Å². The molecule has 1 aliphatic heterocycles. The van der Waals surface area contributed by atoms with Gasteiger partial charge in [0.2, 0.25) is 5.95 Å². The Labute approximate surface area is 182 Å².